The van der Waals surface area contributed by atoms with Crippen molar-refractivity contribution in [2.45, 2.75) is 51.0 Å². The van der Waals surface area contributed by atoms with Gasteiger partial charge in [0.25, 0.3) is 0 Å². The average Bonchev–Trinajstić information content (AvgIpc) is 3.23. The zero-order valence-corrected chi connectivity index (χ0v) is 12.4. The average molecular weight is 260 g/mol. The number of hydrogen-bond acceptors (Lipinski definition) is 2. The molecule has 2 nitrogen and oxygen atoms in total. The van der Waals surface area contributed by atoms with E-state index >= 15 is 0 Å². The first-order valence-corrected chi connectivity index (χ1v) is 7.68. The third-order valence-electron chi connectivity index (χ3n) is 4.02. The third kappa shape index (κ3) is 5.33. The standard InChI is InChI=1S/C17H28N2/c1-17(2,15-7-4-3-5-8-15)11-14-18-12-6-13-19-16-9-10-16/h3-5,7-8,16,18-19H,6,9-14H2,1-2H3. The van der Waals surface area contributed by atoms with Crippen LogP contribution in [0.3, 0.4) is 0 Å². The van der Waals surface area contributed by atoms with Gasteiger partial charge in [0.2, 0.25) is 0 Å². The van der Waals surface area contributed by atoms with Gasteiger partial charge in [-0.2, -0.15) is 0 Å². The van der Waals surface area contributed by atoms with Gasteiger partial charge in [-0.3, -0.25) is 0 Å². The van der Waals surface area contributed by atoms with Gasteiger partial charge < -0.3 is 10.6 Å². The summed E-state index contributed by atoms with van der Waals surface area (Å²) < 4.78 is 0. The van der Waals surface area contributed by atoms with Crippen LogP contribution in [-0.4, -0.2) is 25.7 Å². The molecule has 0 radical (unpaired) electrons. The van der Waals surface area contributed by atoms with E-state index in [0.717, 1.165) is 19.1 Å². The van der Waals surface area contributed by atoms with Crippen LogP contribution in [-0.2, 0) is 5.41 Å². The molecule has 0 spiro atoms. The topological polar surface area (TPSA) is 24.1 Å². The van der Waals surface area contributed by atoms with Crippen molar-refractivity contribution in [2.75, 3.05) is 19.6 Å². The van der Waals surface area contributed by atoms with Crippen molar-refractivity contribution in [1.29, 1.82) is 0 Å². The Labute approximate surface area is 118 Å². The molecule has 0 aliphatic heterocycles. The van der Waals surface area contributed by atoms with E-state index in [1.807, 2.05) is 0 Å². The lowest BCUT2D eigenvalue weighted by Crippen LogP contribution is -2.28. The fourth-order valence-corrected chi connectivity index (χ4v) is 2.37. The molecule has 0 bridgehead atoms. The minimum Gasteiger partial charge on any atom is -0.317 e. The van der Waals surface area contributed by atoms with Crippen LogP contribution in [0.25, 0.3) is 0 Å². The molecule has 2 N–H and O–H groups in total. The van der Waals surface area contributed by atoms with Crippen molar-refractivity contribution in [1.82, 2.24) is 10.6 Å². The van der Waals surface area contributed by atoms with E-state index < -0.39 is 0 Å². The van der Waals surface area contributed by atoms with Crippen LogP contribution in [0.15, 0.2) is 30.3 Å². The Kier molecular flexibility index (Phi) is 5.41. The normalized spacial score (nSPS) is 15.7. The van der Waals surface area contributed by atoms with Gasteiger partial charge in [0.15, 0.2) is 0 Å². The highest BCUT2D eigenvalue weighted by molar-refractivity contribution is 5.23. The molecule has 2 rings (SSSR count). The molecular weight excluding hydrogens is 232 g/mol. The number of benzene rings is 1. The summed E-state index contributed by atoms with van der Waals surface area (Å²) in [7, 11) is 0. The maximum Gasteiger partial charge on any atom is 0.00682 e. The van der Waals surface area contributed by atoms with E-state index in [4.69, 9.17) is 0 Å². The van der Waals surface area contributed by atoms with Crippen LogP contribution in [0.1, 0.15) is 45.1 Å². The molecule has 1 aromatic rings. The molecule has 1 saturated carbocycles. The van der Waals surface area contributed by atoms with Gasteiger partial charge in [-0.05, 0) is 56.3 Å². The molecule has 1 aliphatic carbocycles. The summed E-state index contributed by atoms with van der Waals surface area (Å²) in [6, 6.07) is 11.7. The van der Waals surface area contributed by atoms with Gasteiger partial charge in [0.05, 0.1) is 0 Å². The molecule has 19 heavy (non-hydrogen) atoms. The SMILES string of the molecule is CC(C)(CCNCCCNC1CC1)c1ccccc1. The van der Waals surface area contributed by atoms with Crippen molar-refractivity contribution < 1.29 is 0 Å². The zero-order valence-electron chi connectivity index (χ0n) is 12.4. The summed E-state index contributed by atoms with van der Waals surface area (Å²) in [5.41, 5.74) is 1.70. The Bertz CT molecular complexity index is 355. The molecule has 0 unspecified atom stereocenters. The van der Waals surface area contributed by atoms with Crippen LogP contribution >= 0.6 is 0 Å². The summed E-state index contributed by atoms with van der Waals surface area (Å²) >= 11 is 0. The second-order valence-corrected chi connectivity index (χ2v) is 6.33. The fraction of sp³-hybridized carbons (Fsp3) is 0.647. The Morgan fingerprint density at radius 2 is 1.79 bits per heavy atom. The molecule has 2 heteroatoms. The minimum atomic E-state index is 0.264. The Morgan fingerprint density at radius 1 is 1.05 bits per heavy atom. The van der Waals surface area contributed by atoms with Crippen LogP contribution in [0.2, 0.25) is 0 Å². The smallest absolute Gasteiger partial charge is 0.00682 e. The van der Waals surface area contributed by atoms with Gasteiger partial charge >= 0.3 is 0 Å². The van der Waals surface area contributed by atoms with Gasteiger partial charge in [-0.25, -0.2) is 0 Å². The highest BCUT2D eigenvalue weighted by Gasteiger charge is 2.20. The van der Waals surface area contributed by atoms with Gasteiger partial charge in [0, 0.05) is 6.04 Å². The van der Waals surface area contributed by atoms with E-state index in [0.29, 0.717) is 0 Å². The van der Waals surface area contributed by atoms with Crippen molar-refractivity contribution in [3.05, 3.63) is 35.9 Å². The monoisotopic (exact) mass is 260 g/mol. The van der Waals surface area contributed by atoms with Crippen molar-refractivity contribution in [3.8, 4) is 0 Å². The van der Waals surface area contributed by atoms with Gasteiger partial charge in [-0.1, -0.05) is 44.2 Å². The summed E-state index contributed by atoms with van der Waals surface area (Å²) in [5.74, 6) is 0. The van der Waals surface area contributed by atoms with Crippen LogP contribution < -0.4 is 10.6 Å². The second kappa shape index (κ2) is 7.06. The lowest BCUT2D eigenvalue weighted by molar-refractivity contribution is 0.453. The zero-order chi connectivity index (χ0) is 13.6. The van der Waals surface area contributed by atoms with Crippen LogP contribution in [0.4, 0.5) is 0 Å². The molecule has 1 fully saturated rings. The summed E-state index contributed by atoms with van der Waals surface area (Å²) in [4.78, 5) is 0. The fourth-order valence-electron chi connectivity index (χ4n) is 2.37. The molecule has 1 aromatic carbocycles. The van der Waals surface area contributed by atoms with Crippen LogP contribution in [0.5, 0.6) is 0 Å². The molecule has 0 saturated heterocycles. The van der Waals surface area contributed by atoms with E-state index in [9.17, 15) is 0 Å². The van der Waals surface area contributed by atoms with E-state index in [-0.39, 0.29) is 5.41 Å². The van der Waals surface area contributed by atoms with Crippen LogP contribution in [0, 0.1) is 0 Å². The summed E-state index contributed by atoms with van der Waals surface area (Å²) in [6.07, 6.45) is 5.20. The molecule has 0 atom stereocenters. The maximum atomic E-state index is 3.57. The first-order valence-electron chi connectivity index (χ1n) is 7.68. The predicted molar refractivity (Wildman–Crippen MR) is 82.6 cm³/mol. The maximum absolute atomic E-state index is 3.57. The number of nitrogens with one attached hydrogen (secondary N) is 2. The van der Waals surface area contributed by atoms with Crippen molar-refractivity contribution in [2.24, 2.45) is 0 Å². The molecule has 0 amide bonds. The molecule has 106 valence electrons. The first kappa shape index (κ1) is 14.5. The Balaban J connectivity index is 1.56. The van der Waals surface area contributed by atoms with Gasteiger partial charge in [-0.15, -0.1) is 0 Å². The lowest BCUT2D eigenvalue weighted by atomic mass is 9.81. The van der Waals surface area contributed by atoms with Crippen molar-refractivity contribution >= 4 is 0 Å². The number of rotatable bonds is 9. The van der Waals surface area contributed by atoms with E-state index in [2.05, 4.69) is 54.8 Å². The Hall–Kier alpha value is -0.860. The van der Waals surface area contributed by atoms with Crippen molar-refractivity contribution in [3.63, 3.8) is 0 Å². The Morgan fingerprint density at radius 3 is 2.47 bits per heavy atom. The molecular formula is C17H28N2. The first-order chi connectivity index (χ1) is 9.18. The number of hydrogen-bond donors (Lipinski definition) is 2. The lowest BCUT2D eigenvalue weighted by Gasteiger charge is -2.25. The summed E-state index contributed by atoms with van der Waals surface area (Å²) in [5, 5.41) is 7.11. The third-order valence-corrected chi connectivity index (χ3v) is 4.02. The highest BCUT2D eigenvalue weighted by Crippen LogP contribution is 2.25. The molecule has 1 aliphatic rings. The minimum absolute atomic E-state index is 0.264. The molecule has 0 heterocycles. The highest BCUT2D eigenvalue weighted by atomic mass is 14.9. The predicted octanol–water partition coefficient (Wildman–Crippen LogP) is 3.09. The van der Waals surface area contributed by atoms with E-state index in [1.165, 1.54) is 37.8 Å². The largest absolute Gasteiger partial charge is 0.317 e. The second-order valence-electron chi connectivity index (χ2n) is 6.33. The summed E-state index contributed by atoms with van der Waals surface area (Å²) in [6.45, 7) is 8.06. The van der Waals surface area contributed by atoms with E-state index in [1.54, 1.807) is 0 Å². The van der Waals surface area contributed by atoms with Gasteiger partial charge in [0.1, 0.15) is 0 Å². The molecule has 0 aromatic heterocycles. The quantitative estimate of drug-likeness (QED) is 0.667.